The third-order valence-electron chi connectivity index (χ3n) is 5.81. The Hall–Kier alpha value is -4.20. The molecule has 1 aromatic heterocycles. The molecule has 0 unspecified atom stereocenters. The molecule has 2 aromatic carbocycles. The Morgan fingerprint density at radius 3 is 2.24 bits per heavy atom. The van der Waals surface area contributed by atoms with Crippen LogP contribution in [0, 0.1) is 0 Å². The van der Waals surface area contributed by atoms with Crippen LogP contribution in [0.1, 0.15) is 11.3 Å². The molecule has 2 fully saturated rings. The first-order chi connectivity index (χ1) is 16.2. The summed E-state index contributed by atoms with van der Waals surface area (Å²) in [7, 11) is 0. The minimum atomic E-state index is -0.429. The summed E-state index contributed by atoms with van der Waals surface area (Å²) < 4.78 is 0. The van der Waals surface area contributed by atoms with Crippen LogP contribution in [0.15, 0.2) is 78.6 Å². The standard InChI is InChI=1S/C25H24N6O2/c32-23-22(31(25(33)28-23)18-19-7-3-1-4-8-19)17-20-11-12-26-24(27-20)30-15-13-29(14-16-30)21-9-5-2-6-10-21/h1-12,17H,13-16,18H2,(H,28,32,33)/b22-17+. The van der Waals surface area contributed by atoms with Crippen LogP contribution in [0.4, 0.5) is 16.4 Å². The van der Waals surface area contributed by atoms with Crippen molar-refractivity contribution in [3.8, 4) is 0 Å². The van der Waals surface area contributed by atoms with Crippen molar-refractivity contribution in [3.05, 3.63) is 89.9 Å². The number of urea groups is 1. The maximum atomic E-state index is 12.4. The molecule has 3 amide bonds. The van der Waals surface area contributed by atoms with E-state index >= 15 is 0 Å². The molecule has 0 aliphatic carbocycles. The van der Waals surface area contributed by atoms with Crippen LogP contribution in [0.2, 0.25) is 0 Å². The van der Waals surface area contributed by atoms with Gasteiger partial charge in [0.25, 0.3) is 5.91 Å². The van der Waals surface area contributed by atoms with Gasteiger partial charge in [-0.15, -0.1) is 0 Å². The van der Waals surface area contributed by atoms with E-state index in [4.69, 9.17) is 0 Å². The maximum absolute atomic E-state index is 12.4. The molecule has 0 saturated carbocycles. The van der Waals surface area contributed by atoms with Gasteiger partial charge in [-0.05, 0) is 29.8 Å². The van der Waals surface area contributed by atoms with Crippen LogP contribution < -0.4 is 15.1 Å². The number of rotatable bonds is 5. The third-order valence-corrected chi connectivity index (χ3v) is 5.81. The number of anilines is 2. The first-order valence-corrected chi connectivity index (χ1v) is 10.9. The molecule has 2 aliphatic rings. The number of benzene rings is 2. The molecule has 33 heavy (non-hydrogen) atoms. The lowest BCUT2D eigenvalue weighted by atomic mass is 10.2. The maximum Gasteiger partial charge on any atom is 0.329 e. The molecule has 166 valence electrons. The number of imide groups is 1. The molecule has 8 nitrogen and oxygen atoms in total. The van der Waals surface area contributed by atoms with Crippen molar-refractivity contribution in [2.45, 2.75) is 6.54 Å². The number of piperazine rings is 1. The summed E-state index contributed by atoms with van der Waals surface area (Å²) in [6.07, 6.45) is 3.34. The molecular weight excluding hydrogens is 416 g/mol. The minimum absolute atomic E-state index is 0.280. The summed E-state index contributed by atoms with van der Waals surface area (Å²) in [6.45, 7) is 3.66. The second-order valence-corrected chi connectivity index (χ2v) is 7.95. The fourth-order valence-corrected chi connectivity index (χ4v) is 4.07. The predicted molar refractivity (Wildman–Crippen MR) is 126 cm³/mol. The van der Waals surface area contributed by atoms with Gasteiger partial charge in [0.05, 0.1) is 12.2 Å². The number of carbonyl (C=O) groups excluding carboxylic acids is 2. The molecular formula is C25H24N6O2. The molecule has 0 spiro atoms. The van der Waals surface area contributed by atoms with Gasteiger partial charge >= 0.3 is 6.03 Å². The van der Waals surface area contributed by atoms with Gasteiger partial charge < -0.3 is 9.80 Å². The van der Waals surface area contributed by atoms with E-state index in [-0.39, 0.29) is 5.70 Å². The Labute approximate surface area is 192 Å². The summed E-state index contributed by atoms with van der Waals surface area (Å²) >= 11 is 0. The summed E-state index contributed by atoms with van der Waals surface area (Å²) in [5, 5.41) is 2.38. The molecule has 0 radical (unpaired) electrons. The Kier molecular flexibility index (Phi) is 5.72. The second-order valence-electron chi connectivity index (χ2n) is 7.95. The lowest BCUT2D eigenvalue weighted by Gasteiger charge is -2.36. The molecule has 5 rings (SSSR count). The van der Waals surface area contributed by atoms with Crippen molar-refractivity contribution >= 4 is 29.7 Å². The van der Waals surface area contributed by atoms with Gasteiger partial charge in [-0.2, -0.15) is 0 Å². The first-order valence-electron chi connectivity index (χ1n) is 10.9. The average Bonchev–Trinajstić information content (AvgIpc) is 3.12. The van der Waals surface area contributed by atoms with E-state index in [1.807, 2.05) is 48.5 Å². The SMILES string of the molecule is O=C1NC(=O)N(Cc2ccccc2)/C1=C/c1ccnc(N2CCN(c3ccccc3)CC2)n1. The molecule has 0 bridgehead atoms. The van der Waals surface area contributed by atoms with Crippen molar-refractivity contribution in [2.75, 3.05) is 36.0 Å². The van der Waals surface area contributed by atoms with E-state index in [1.54, 1.807) is 18.3 Å². The normalized spacial score (nSPS) is 17.6. The van der Waals surface area contributed by atoms with E-state index < -0.39 is 11.9 Å². The molecule has 2 aliphatic heterocycles. The predicted octanol–water partition coefficient (Wildman–Crippen LogP) is 2.90. The number of aromatic nitrogens is 2. The van der Waals surface area contributed by atoms with Gasteiger partial charge in [-0.1, -0.05) is 48.5 Å². The van der Waals surface area contributed by atoms with Crippen LogP contribution in [0.25, 0.3) is 6.08 Å². The van der Waals surface area contributed by atoms with Gasteiger partial charge in [0.1, 0.15) is 5.70 Å². The zero-order chi connectivity index (χ0) is 22.6. The molecule has 8 heteroatoms. The summed E-state index contributed by atoms with van der Waals surface area (Å²) in [4.78, 5) is 39.8. The minimum Gasteiger partial charge on any atom is -0.368 e. The zero-order valence-corrected chi connectivity index (χ0v) is 18.1. The number of para-hydroxylation sites is 1. The first kappa shape index (κ1) is 20.7. The van der Waals surface area contributed by atoms with Gasteiger partial charge in [-0.25, -0.2) is 14.8 Å². The topological polar surface area (TPSA) is 81.7 Å². The molecule has 3 heterocycles. The highest BCUT2D eigenvalue weighted by Gasteiger charge is 2.33. The molecule has 0 atom stereocenters. The van der Waals surface area contributed by atoms with E-state index in [0.717, 1.165) is 31.7 Å². The number of nitrogens with zero attached hydrogens (tertiary/aromatic N) is 5. The Balaban J connectivity index is 1.32. The van der Waals surface area contributed by atoms with Crippen LogP contribution in [-0.2, 0) is 11.3 Å². The van der Waals surface area contributed by atoms with Crippen molar-refractivity contribution < 1.29 is 9.59 Å². The highest BCUT2D eigenvalue weighted by atomic mass is 16.2. The van der Waals surface area contributed by atoms with Crippen molar-refractivity contribution in [1.82, 2.24) is 20.2 Å². The quantitative estimate of drug-likeness (QED) is 0.485. The molecule has 2 saturated heterocycles. The summed E-state index contributed by atoms with van der Waals surface area (Å²) in [5.74, 6) is 0.198. The number of nitrogens with one attached hydrogen (secondary N) is 1. The average molecular weight is 441 g/mol. The van der Waals surface area contributed by atoms with Crippen LogP contribution >= 0.6 is 0 Å². The molecule has 3 aromatic rings. The lowest BCUT2D eigenvalue weighted by Crippen LogP contribution is -2.47. The fourth-order valence-electron chi connectivity index (χ4n) is 4.07. The Bertz CT molecular complexity index is 1170. The van der Waals surface area contributed by atoms with Gasteiger partial charge in [0, 0.05) is 38.1 Å². The number of amides is 3. The summed E-state index contributed by atoms with van der Waals surface area (Å²) in [5.41, 5.74) is 3.02. The van der Waals surface area contributed by atoms with Crippen LogP contribution in [0.5, 0.6) is 0 Å². The van der Waals surface area contributed by atoms with Crippen molar-refractivity contribution in [1.29, 1.82) is 0 Å². The van der Waals surface area contributed by atoms with Crippen LogP contribution in [0.3, 0.4) is 0 Å². The number of hydrogen-bond donors (Lipinski definition) is 1. The monoisotopic (exact) mass is 440 g/mol. The third kappa shape index (κ3) is 4.55. The smallest absolute Gasteiger partial charge is 0.329 e. The van der Waals surface area contributed by atoms with Crippen molar-refractivity contribution in [3.63, 3.8) is 0 Å². The van der Waals surface area contributed by atoms with E-state index in [1.165, 1.54) is 10.6 Å². The Morgan fingerprint density at radius 1 is 0.848 bits per heavy atom. The number of carbonyl (C=O) groups is 2. The van der Waals surface area contributed by atoms with Gasteiger partial charge in [0.2, 0.25) is 5.95 Å². The van der Waals surface area contributed by atoms with Crippen molar-refractivity contribution in [2.24, 2.45) is 0 Å². The summed E-state index contributed by atoms with van der Waals surface area (Å²) in [6, 6.07) is 21.2. The highest BCUT2D eigenvalue weighted by Crippen LogP contribution is 2.21. The zero-order valence-electron chi connectivity index (χ0n) is 18.1. The van der Waals surface area contributed by atoms with E-state index in [2.05, 4.69) is 37.2 Å². The van der Waals surface area contributed by atoms with E-state index in [0.29, 0.717) is 18.2 Å². The highest BCUT2D eigenvalue weighted by molar-refractivity contribution is 6.13. The second kappa shape index (κ2) is 9.12. The number of hydrogen-bond acceptors (Lipinski definition) is 6. The van der Waals surface area contributed by atoms with E-state index in [9.17, 15) is 9.59 Å². The molecule has 1 N–H and O–H groups in total. The van der Waals surface area contributed by atoms with Gasteiger partial charge in [-0.3, -0.25) is 15.0 Å². The Morgan fingerprint density at radius 2 is 1.52 bits per heavy atom. The fraction of sp³-hybridized carbons (Fsp3) is 0.200. The largest absolute Gasteiger partial charge is 0.368 e. The lowest BCUT2D eigenvalue weighted by molar-refractivity contribution is -0.116. The van der Waals surface area contributed by atoms with Gasteiger partial charge in [0.15, 0.2) is 0 Å². The van der Waals surface area contributed by atoms with Crippen LogP contribution in [-0.4, -0.2) is 53.0 Å².